The van der Waals surface area contributed by atoms with Gasteiger partial charge in [0.15, 0.2) is 11.6 Å². The van der Waals surface area contributed by atoms with E-state index in [9.17, 15) is 9.18 Å². The van der Waals surface area contributed by atoms with Crippen LogP contribution in [0.4, 0.5) is 10.2 Å². The lowest BCUT2D eigenvalue weighted by atomic mass is 10.2. The monoisotopic (exact) mass is 240 g/mol. The number of rotatable bonds is 5. The number of aliphatic hydroxyl groups excluding tert-OH is 1. The minimum atomic E-state index is -1.31. The third-order valence-electron chi connectivity index (χ3n) is 2.70. The van der Waals surface area contributed by atoms with Gasteiger partial charge >= 0.3 is 5.97 Å². The number of pyridine rings is 1. The Balaban J connectivity index is 2.35. The summed E-state index contributed by atoms with van der Waals surface area (Å²) in [6, 6.07) is 1.29. The van der Waals surface area contributed by atoms with Crippen LogP contribution in [0.5, 0.6) is 0 Å². The Morgan fingerprint density at radius 2 is 2.29 bits per heavy atom. The van der Waals surface area contributed by atoms with Gasteiger partial charge in [0.25, 0.3) is 0 Å². The van der Waals surface area contributed by atoms with Gasteiger partial charge in [-0.2, -0.15) is 0 Å². The van der Waals surface area contributed by atoms with Gasteiger partial charge in [-0.25, -0.2) is 14.2 Å². The van der Waals surface area contributed by atoms with E-state index in [0.717, 1.165) is 18.9 Å². The molecule has 6 heteroatoms. The van der Waals surface area contributed by atoms with E-state index in [2.05, 4.69) is 4.98 Å². The van der Waals surface area contributed by atoms with Crippen LogP contribution in [0.25, 0.3) is 0 Å². The molecule has 1 aliphatic carbocycles. The van der Waals surface area contributed by atoms with Crippen LogP contribution in [-0.2, 0) is 0 Å². The van der Waals surface area contributed by atoms with Gasteiger partial charge < -0.3 is 15.1 Å². The molecular formula is C11H13FN2O3. The molecule has 0 radical (unpaired) electrons. The molecule has 0 aliphatic heterocycles. The predicted molar refractivity (Wildman–Crippen MR) is 58.6 cm³/mol. The summed E-state index contributed by atoms with van der Waals surface area (Å²) in [6.07, 6.45) is 3.10. The van der Waals surface area contributed by atoms with Gasteiger partial charge in [-0.15, -0.1) is 0 Å². The van der Waals surface area contributed by atoms with Gasteiger partial charge in [0.2, 0.25) is 0 Å². The Hall–Kier alpha value is -1.69. The first-order chi connectivity index (χ1) is 8.15. The number of carboxylic acids is 1. The van der Waals surface area contributed by atoms with Crippen LogP contribution in [0.15, 0.2) is 12.3 Å². The van der Waals surface area contributed by atoms with Crippen molar-refractivity contribution in [3.8, 4) is 0 Å². The molecule has 17 heavy (non-hydrogen) atoms. The number of aliphatic hydroxyl groups is 1. The van der Waals surface area contributed by atoms with E-state index in [-0.39, 0.29) is 25.0 Å². The number of carboxylic acid groups (broad SMARTS) is 1. The fourth-order valence-electron chi connectivity index (χ4n) is 1.75. The van der Waals surface area contributed by atoms with Crippen molar-refractivity contribution in [2.45, 2.75) is 18.9 Å². The van der Waals surface area contributed by atoms with Crippen LogP contribution in [0.1, 0.15) is 23.2 Å². The predicted octanol–water partition coefficient (Wildman–Crippen LogP) is 0.880. The molecule has 0 bridgehead atoms. The Bertz CT molecular complexity index is 435. The number of halogens is 1. The van der Waals surface area contributed by atoms with E-state index >= 15 is 0 Å². The number of aromatic carboxylic acids is 1. The normalized spacial score (nSPS) is 14.7. The number of nitrogens with zero attached hydrogens (tertiary/aromatic N) is 2. The molecule has 1 aliphatic rings. The molecule has 1 fully saturated rings. The van der Waals surface area contributed by atoms with Crippen LogP contribution in [0.3, 0.4) is 0 Å². The number of carbonyl (C=O) groups is 1. The summed E-state index contributed by atoms with van der Waals surface area (Å²) < 4.78 is 13.9. The van der Waals surface area contributed by atoms with Crippen molar-refractivity contribution in [3.63, 3.8) is 0 Å². The highest BCUT2D eigenvalue weighted by Gasteiger charge is 2.32. The van der Waals surface area contributed by atoms with Crippen molar-refractivity contribution in [2.24, 2.45) is 0 Å². The van der Waals surface area contributed by atoms with Crippen molar-refractivity contribution in [1.82, 2.24) is 4.98 Å². The van der Waals surface area contributed by atoms with Crippen LogP contribution in [-0.4, -0.2) is 40.4 Å². The minimum Gasteiger partial charge on any atom is -0.478 e. The van der Waals surface area contributed by atoms with Gasteiger partial charge in [-0.05, 0) is 18.9 Å². The SMILES string of the molecule is O=C(O)c1ccnc(N(CCO)C2CC2)c1F. The molecular weight excluding hydrogens is 227 g/mol. The number of hydrogen-bond donors (Lipinski definition) is 2. The molecule has 1 aromatic heterocycles. The molecule has 0 amide bonds. The molecule has 0 spiro atoms. The van der Waals surface area contributed by atoms with E-state index < -0.39 is 17.3 Å². The highest BCUT2D eigenvalue weighted by molar-refractivity contribution is 5.88. The fraction of sp³-hybridized carbons (Fsp3) is 0.455. The summed E-state index contributed by atoms with van der Waals surface area (Å²) in [6.45, 7) is 0.145. The maximum atomic E-state index is 13.9. The molecule has 0 atom stereocenters. The maximum absolute atomic E-state index is 13.9. The van der Waals surface area contributed by atoms with Crippen molar-refractivity contribution < 1.29 is 19.4 Å². The molecule has 2 N–H and O–H groups in total. The summed E-state index contributed by atoms with van der Waals surface area (Å²) in [5, 5.41) is 17.8. The van der Waals surface area contributed by atoms with Crippen LogP contribution in [0.2, 0.25) is 0 Å². The summed E-state index contributed by atoms with van der Waals surface area (Å²) in [5.41, 5.74) is -0.390. The largest absolute Gasteiger partial charge is 0.478 e. The fourth-order valence-corrected chi connectivity index (χ4v) is 1.75. The lowest BCUT2D eigenvalue weighted by Crippen LogP contribution is -2.31. The molecule has 5 nitrogen and oxygen atoms in total. The van der Waals surface area contributed by atoms with Gasteiger partial charge in [-0.1, -0.05) is 0 Å². The first-order valence-corrected chi connectivity index (χ1v) is 5.40. The van der Waals surface area contributed by atoms with Crippen molar-refractivity contribution >= 4 is 11.8 Å². The molecule has 0 unspecified atom stereocenters. The second-order valence-corrected chi connectivity index (χ2v) is 3.95. The molecule has 1 aromatic rings. The molecule has 1 heterocycles. The second-order valence-electron chi connectivity index (χ2n) is 3.95. The maximum Gasteiger partial charge on any atom is 0.338 e. The molecule has 1 saturated carbocycles. The average molecular weight is 240 g/mol. The second kappa shape index (κ2) is 4.67. The van der Waals surface area contributed by atoms with E-state index in [0.29, 0.717) is 0 Å². The minimum absolute atomic E-state index is 0.0152. The van der Waals surface area contributed by atoms with Crippen LogP contribution >= 0.6 is 0 Å². The highest BCUT2D eigenvalue weighted by atomic mass is 19.1. The van der Waals surface area contributed by atoms with Gasteiger partial charge in [-0.3, -0.25) is 0 Å². The first kappa shape index (κ1) is 11.8. The Morgan fingerprint density at radius 3 is 2.82 bits per heavy atom. The van der Waals surface area contributed by atoms with Crippen molar-refractivity contribution in [1.29, 1.82) is 0 Å². The number of hydrogen-bond acceptors (Lipinski definition) is 4. The number of anilines is 1. The van der Waals surface area contributed by atoms with Gasteiger partial charge in [0, 0.05) is 18.8 Å². The van der Waals surface area contributed by atoms with E-state index in [4.69, 9.17) is 10.2 Å². The smallest absolute Gasteiger partial charge is 0.338 e. The Labute approximate surface area is 97.5 Å². The molecule has 0 saturated heterocycles. The van der Waals surface area contributed by atoms with Gasteiger partial charge in [0.1, 0.15) is 5.56 Å². The summed E-state index contributed by atoms with van der Waals surface area (Å²) in [5.74, 6) is -2.13. The standard InChI is InChI=1S/C11H13FN2O3/c12-9-8(11(16)17)3-4-13-10(9)14(5-6-15)7-1-2-7/h3-4,7,15H,1-2,5-6H2,(H,16,17). The summed E-state index contributed by atoms with van der Waals surface area (Å²) in [4.78, 5) is 16.3. The zero-order chi connectivity index (χ0) is 12.4. The quantitative estimate of drug-likeness (QED) is 0.799. The highest BCUT2D eigenvalue weighted by Crippen LogP contribution is 2.32. The third-order valence-corrected chi connectivity index (χ3v) is 2.70. The Kier molecular flexibility index (Phi) is 3.23. The number of aromatic nitrogens is 1. The molecule has 0 aromatic carbocycles. The lowest BCUT2D eigenvalue weighted by molar-refractivity contribution is 0.0691. The lowest BCUT2D eigenvalue weighted by Gasteiger charge is -2.23. The first-order valence-electron chi connectivity index (χ1n) is 5.40. The average Bonchev–Trinajstić information content (AvgIpc) is 3.10. The van der Waals surface area contributed by atoms with Gasteiger partial charge in [0.05, 0.1) is 6.61 Å². The van der Waals surface area contributed by atoms with E-state index in [1.807, 2.05) is 0 Å². The van der Waals surface area contributed by atoms with Crippen molar-refractivity contribution in [2.75, 3.05) is 18.1 Å². The third kappa shape index (κ3) is 2.36. The topological polar surface area (TPSA) is 73.7 Å². The van der Waals surface area contributed by atoms with E-state index in [1.54, 1.807) is 4.90 Å². The summed E-state index contributed by atoms with van der Waals surface area (Å²) in [7, 11) is 0. The van der Waals surface area contributed by atoms with E-state index in [1.165, 1.54) is 6.20 Å². The molecule has 92 valence electrons. The van der Waals surface area contributed by atoms with Crippen LogP contribution < -0.4 is 4.90 Å². The zero-order valence-corrected chi connectivity index (χ0v) is 9.14. The summed E-state index contributed by atoms with van der Waals surface area (Å²) >= 11 is 0. The molecule has 2 rings (SSSR count). The van der Waals surface area contributed by atoms with Crippen LogP contribution in [0, 0.1) is 5.82 Å². The Morgan fingerprint density at radius 1 is 1.59 bits per heavy atom. The van der Waals surface area contributed by atoms with Crippen molar-refractivity contribution in [3.05, 3.63) is 23.6 Å². The zero-order valence-electron chi connectivity index (χ0n) is 9.14.